The Balaban J connectivity index is 0.000000354. The van der Waals surface area contributed by atoms with Crippen molar-refractivity contribution in [3.05, 3.63) is 220 Å². The van der Waals surface area contributed by atoms with Crippen LogP contribution in [0.5, 0.6) is 0 Å². The average molecular weight is 1580 g/mol. The Kier molecular flexibility index (Phi) is 43.1. The Labute approximate surface area is 655 Å². The van der Waals surface area contributed by atoms with Crippen molar-refractivity contribution >= 4 is 143 Å². The topological polar surface area (TPSA) is 446 Å². The molecule has 15 N–H and O–H groups in total. The Bertz CT molecular complexity index is 4330. The molecule has 7 aromatic carbocycles. The van der Waals surface area contributed by atoms with Crippen molar-refractivity contribution in [2.24, 2.45) is 40.5 Å². The van der Waals surface area contributed by atoms with E-state index in [-0.39, 0.29) is 132 Å². The molecule has 0 fully saturated rings. The zero-order valence-electron chi connectivity index (χ0n) is 61.6. The van der Waals surface area contributed by atoms with E-state index in [4.69, 9.17) is 28.7 Å². The number of aryl methyl sites for hydroxylation is 2. The summed E-state index contributed by atoms with van der Waals surface area (Å²) in [6, 6.07) is 49.0. The Morgan fingerprint density at radius 1 is 0.321 bits per heavy atom. The first-order chi connectivity index (χ1) is 51.8. The van der Waals surface area contributed by atoms with Gasteiger partial charge in [-0.15, -0.1) is 0 Å². The van der Waals surface area contributed by atoms with Crippen LogP contribution in [0.15, 0.2) is 194 Å². The molecule has 10 amide bonds. The number of primary amides is 5. The van der Waals surface area contributed by atoms with Crippen molar-refractivity contribution in [2.75, 3.05) is 32.7 Å². The van der Waals surface area contributed by atoms with Crippen LogP contribution in [0.25, 0.3) is 0 Å². The van der Waals surface area contributed by atoms with Gasteiger partial charge in [0.25, 0.3) is 29.5 Å². The lowest BCUT2D eigenvalue weighted by Gasteiger charge is -2.09. The van der Waals surface area contributed by atoms with E-state index in [2.05, 4.69) is 26.6 Å². The third kappa shape index (κ3) is 37.6. The van der Waals surface area contributed by atoms with Crippen molar-refractivity contribution in [2.45, 2.75) is 124 Å². The van der Waals surface area contributed by atoms with Gasteiger partial charge < -0.3 is 55.3 Å². The molecule has 0 aliphatic heterocycles. The normalized spacial score (nSPS) is 10.2. The fraction of sp³-hybridized carbons (Fsp3) is 0.278. The van der Waals surface area contributed by atoms with Crippen LogP contribution < -0.4 is 55.3 Å². The third-order valence-corrected chi connectivity index (χ3v) is 19.3. The van der Waals surface area contributed by atoms with E-state index in [0.29, 0.717) is 76.3 Å². The smallest absolute Gasteiger partial charge is 0.252 e. The van der Waals surface area contributed by atoms with Gasteiger partial charge in [0.2, 0.25) is 39.8 Å². The molecule has 0 aromatic heterocycles. The molecule has 25 nitrogen and oxygen atoms in total. The lowest BCUT2D eigenvalue weighted by molar-refractivity contribution is -0.118. The highest BCUT2D eigenvalue weighted by Crippen LogP contribution is 2.31. The minimum atomic E-state index is -0.479. The maximum absolute atomic E-state index is 12.4. The summed E-state index contributed by atoms with van der Waals surface area (Å²) in [5.41, 5.74) is 30.5. The molecule has 0 aliphatic carbocycles. The highest BCUT2D eigenvalue weighted by atomic mass is 32.2. The second-order valence-electron chi connectivity index (χ2n) is 24.2. The molecule has 0 radical (unpaired) electrons. The van der Waals surface area contributed by atoms with Gasteiger partial charge in [0, 0.05) is 119 Å². The van der Waals surface area contributed by atoms with Gasteiger partial charge in [-0.3, -0.25) is 71.9 Å². The lowest BCUT2D eigenvalue weighted by Crippen LogP contribution is -2.28. The van der Waals surface area contributed by atoms with E-state index >= 15 is 0 Å². The summed E-state index contributed by atoms with van der Waals surface area (Å²) in [7, 11) is 0. The number of benzene rings is 7. The summed E-state index contributed by atoms with van der Waals surface area (Å²) in [4.78, 5) is 177. The molecule has 7 aromatic rings. The molecule has 0 heterocycles. The molecule has 0 spiro atoms. The van der Waals surface area contributed by atoms with Crippen molar-refractivity contribution < 1.29 is 71.9 Å². The van der Waals surface area contributed by atoms with Gasteiger partial charge in [0.15, 0.2) is 15.3 Å². The molecule has 0 atom stereocenters. The van der Waals surface area contributed by atoms with Gasteiger partial charge in [-0.1, -0.05) is 184 Å². The summed E-state index contributed by atoms with van der Waals surface area (Å²) in [5, 5.41) is 12.9. The molecule has 0 aliphatic rings. The lowest BCUT2D eigenvalue weighted by atomic mass is 10.2. The van der Waals surface area contributed by atoms with Gasteiger partial charge in [-0.05, 0) is 116 Å². The summed E-state index contributed by atoms with van der Waals surface area (Å²) >= 11 is 5.22. The second-order valence-corrected chi connectivity index (χ2v) is 29.5. The number of nitrogens with one attached hydrogen (secondary N) is 5. The van der Waals surface area contributed by atoms with E-state index in [0.717, 1.165) is 76.4 Å². The maximum atomic E-state index is 12.4. The van der Waals surface area contributed by atoms with Crippen molar-refractivity contribution in [3.8, 4) is 0 Å². The van der Waals surface area contributed by atoms with Crippen LogP contribution in [0.4, 0.5) is 0 Å². The zero-order valence-corrected chi connectivity index (χ0v) is 65.6. The van der Waals surface area contributed by atoms with Crippen LogP contribution in [0.3, 0.4) is 0 Å². The first-order valence-corrected chi connectivity index (χ1v) is 38.4. The predicted molar refractivity (Wildman–Crippen MR) is 427 cm³/mol. The van der Waals surface area contributed by atoms with Crippen LogP contribution in [0.1, 0.15) is 170 Å². The van der Waals surface area contributed by atoms with Crippen LogP contribution in [0.2, 0.25) is 0 Å². The number of carbonyl (C=O) groups excluding carboxylic acids is 15. The number of carbonyl (C=O) groups is 15. The maximum Gasteiger partial charge on any atom is 0.252 e. The van der Waals surface area contributed by atoms with Crippen LogP contribution in [-0.2, 0) is 38.4 Å². The Morgan fingerprint density at radius 2 is 0.615 bits per heavy atom. The molecular formula is C79H92N10O15S5. The highest BCUT2D eigenvalue weighted by molar-refractivity contribution is 8.15. The molecule has 7 rings (SSSR count). The summed E-state index contributed by atoms with van der Waals surface area (Å²) in [5.74, 6) is -3.79. The predicted octanol–water partition coefficient (Wildman–Crippen LogP) is 10.3. The molecule has 0 bridgehead atoms. The minimum Gasteiger partial charge on any atom is -0.370 e. The number of thioether (sulfide) groups is 5. The quantitative estimate of drug-likeness (QED) is 0.0175. The number of amides is 10. The minimum absolute atomic E-state index is 0.00221. The number of hydrogen-bond acceptors (Lipinski definition) is 20. The standard InChI is InChI=1S/2C18H18N2O3S.C15H20N2O3S.2C14H18N2O3S/c1-12-5-4-6-13(11-12)18(23)24-15-8-3-2-7-14(15)17(22)20-10-9-16(19)21;1-12-6-8-13(9-7-12)18(23)24-15-5-3-2-4-14(15)17(22)20-11-10-16(19)21;1-10(2)9-14(19)21-12-6-4-3-5-11(12)15(20)17-8-7-13(16)18;1-9(2)14(19)20-11-6-4-3-5-10(11)13(18)16-8-7-12(15)17;1-2-5-13(18)20-11-7-4-3-6-10(11)14(19)16-9-8-12(15)17/h2-8,11H,9-10H2,1H3,(H2,19,21)(H,20,22);2-9H,10-11H2,1H3,(H2,19,21)(H,20,22);3-6,10H,7-9H2,1-2H3,(H2,16,18)(H,17,20);3-6,9H,7-8H2,1-2H3,(H2,15,17)(H,16,18);3-4,6-7H,2,5,8-9H2,1H3,(H2,15,17)(H,16,19). The van der Waals surface area contributed by atoms with Crippen LogP contribution in [-0.4, -0.2) is 117 Å². The summed E-state index contributed by atoms with van der Waals surface area (Å²) in [6.07, 6.45) is 2.13. The van der Waals surface area contributed by atoms with E-state index in [1.165, 1.54) is 0 Å². The SMILES string of the molecule is CC(C)C(=O)Sc1ccccc1C(=O)NCCC(N)=O.CC(C)CC(=O)Sc1ccccc1C(=O)NCCC(N)=O.CCCC(=O)Sc1ccccc1C(=O)NCCC(N)=O.Cc1ccc(C(=O)Sc2ccccc2C(=O)NCCC(N)=O)cc1.Cc1cccc(C(=O)Sc2ccccc2C(=O)NCCC(N)=O)c1. The monoisotopic (exact) mass is 1580 g/mol. The van der Waals surface area contributed by atoms with Gasteiger partial charge in [-0.2, -0.15) is 0 Å². The third-order valence-electron chi connectivity index (χ3n) is 14.0. The zero-order chi connectivity index (χ0) is 81.0. The fourth-order valence-electron chi connectivity index (χ4n) is 8.57. The molecule has 109 heavy (non-hydrogen) atoms. The first-order valence-electron chi connectivity index (χ1n) is 34.3. The number of hydrogen-bond donors (Lipinski definition) is 10. The van der Waals surface area contributed by atoms with E-state index in [9.17, 15) is 71.9 Å². The Morgan fingerprint density at radius 3 is 0.908 bits per heavy atom. The van der Waals surface area contributed by atoms with Gasteiger partial charge in [-0.25, -0.2) is 0 Å². The summed E-state index contributed by atoms with van der Waals surface area (Å²) in [6.45, 7) is 14.3. The van der Waals surface area contributed by atoms with Crippen molar-refractivity contribution in [1.82, 2.24) is 26.6 Å². The van der Waals surface area contributed by atoms with Crippen molar-refractivity contribution in [1.29, 1.82) is 0 Å². The molecule has 30 heteroatoms. The molecule has 0 unspecified atom stereocenters. The highest BCUT2D eigenvalue weighted by Gasteiger charge is 2.21. The van der Waals surface area contributed by atoms with Crippen LogP contribution >= 0.6 is 58.8 Å². The van der Waals surface area contributed by atoms with E-state index < -0.39 is 29.5 Å². The van der Waals surface area contributed by atoms with Gasteiger partial charge in [0.05, 0.1) is 27.8 Å². The van der Waals surface area contributed by atoms with E-state index in [1.54, 1.807) is 140 Å². The van der Waals surface area contributed by atoms with E-state index in [1.807, 2.05) is 78.8 Å². The average Bonchev–Trinajstić information content (AvgIpc) is 0.880. The fourth-order valence-corrected chi connectivity index (χ4v) is 13.2. The molecule has 578 valence electrons. The van der Waals surface area contributed by atoms with Gasteiger partial charge in [0.1, 0.15) is 0 Å². The molecular weight excluding hydrogens is 1490 g/mol. The van der Waals surface area contributed by atoms with Crippen LogP contribution in [0, 0.1) is 25.7 Å². The molecule has 0 saturated heterocycles. The second kappa shape index (κ2) is 50.8. The first kappa shape index (κ1) is 92.5. The van der Waals surface area contributed by atoms with Gasteiger partial charge >= 0.3 is 0 Å². The number of rotatable bonds is 32. The largest absolute Gasteiger partial charge is 0.370 e. The Hall–Kier alpha value is -10.7. The number of nitrogens with two attached hydrogens (primary N) is 5. The molecule has 0 saturated carbocycles. The van der Waals surface area contributed by atoms with Crippen molar-refractivity contribution in [3.63, 3.8) is 0 Å². The summed E-state index contributed by atoms with van der Waals surface area (Å²) < 4.78 is 0.